The Labute approximate surface area is 155 Å². The zero-order valence-corrected chi connectivity index (χ0v) is 15.4. The van der Waals surface area contributed by atoms with Crippen LogP contribution in [0.4, 0.5) is 0 Å². The summed E-state index contributed by atoms with van der Waals surface area (Å²) in [5.74, 6) is 0.312. The van der Waals surface area contributed by atoms with Gasteiger partial charge in [-0.05, 0) is 30.9 Å². The maximum atomic E-state index is 13.0. The van der Waals surface area contributed by atoms with Crippen LogP contribution in [0.15, 0.2) is 46.1 Å². The molecule has 7 heteroatoms. The molecular formula is C20H22N4O3. The third-order valence-corrected chi connectivity index (χ3v) is 5.21. The Bertz CT molecular complexity index is 1120. The smallest absolute Gasteiger partial charge is 0.333 e. The summed E-state index contributed by atoms with van der Waals surface area (Å²) in [4.78, 5) is 43.3. The summed E-state index contributed by atoms with van der Waals surface area (Å²) >= 11 is 0. The number of aryl methyl sites for hydroxylation is 1. The van der Waals surface area contributed by atoms with Crippen LogP contribution in [0.1, 0.15) is 30.1 Å². The van der Waals surface area contributed by atoms with Gasteiger partial charge < -0.3 is 14.5 Å². The maximum Gasteiger partial charge on any atom is 0.333 e. The number of para-hydroxylation sites is 1. The molecule has 1 amide bonds. The Morgan fingerprint density at radius 3 is 2.63 bits per heavy atom. The average Bonchev–Trinajstić information content (AvgIpc) is 2.98. The highest BCUT2D eigenvalue weighted by molar-refractivity contribution is 6.05. The lowest BCUT2D eigenvalue weighted by Crippen LogP contribution is -2.39. The van der Waals surface area contributed by atoms with E-state index in [0.717, 1.165) is 17.4 Å². The normalized spacial score (nSPS) is 17.4. The van der Waals surface area contributed by atoms with Gasteiger partial charge in [0.25, 0.3) is 11.5 Å². The highest BCUT2D eigenvalue weighted by atomic mass is 16.2. The maximum absolute atomic E-state index is 13.0. The number of aromatic amines is 1. The summed E-state index contributed by atoms with van der Waals surface area (Å²) < 4.78 is 2.72. The molecule has 3 aromatic rings. The first-order chi connectivity index (χ1) is 13.0. The van der Waals surface area contributed by atoms with Crippen LogP contribution in [0.3, 0.4) is 0 Å². The van der Waals surface area contributed by atoms with E-state index in [1.54, 1.807) is 42.1 Å². The van der Waals surface area contributed by atoms with Gasteiger partial charge in [0, 0.05) is 26.3 Å². The molecule has 0 saturated carbocycles. The average molecular weight is 366 g/mol. The van der Waals surface area contributed by atoms with Crippen molar-refractivity contribution in [2.24, 2.45) is 13.0 Å². The van der Waals surface area contributed by atoms with Crippen molar-refractivity contribution < 1.29 is 4.79 Å². The Morgan fingerprint density at radius 1 is 1.19 bits per heavy atom. The summed E-state index contributed by atoms with van der Waals surface area (Å²) in [5, 5.41) is 0. The van der Waals surface area contributed by atoms with E-state index in [-0.39, 0.29) is 5.91 Å². The van der Waals surface area contributed by atoms with Crippen molar-refractivity contribution in [1.82, 2.24) is 19.0 Å². The van der Waals surface area contributed by atoms with Crippen molar-refractivity contribution in [2.75, 3.05) is 13.1 Å². The molecule has 0 radical (unpaired) electrons. The lowest BCUT2D eigenvalue weighted by Gasteiger charge is -2.30. The van der Waals surface area contributed by atoms with Crippen molar-refractivity contribution >= 4 is 16.9 Å². The highest BCUT2D eigenvalue weighted by Crippen LogP contribution is 2.21. The predicted molar refractivity (Wildman–Crippen MR) is 103 cm³/mol. The molecule has 2 aromatic heterocycles. The van der Waals surface area contributed by atoms with E-state index < -0.39 is 11.2 Å². The second kappa shape index (κ2) is 6.57. The number of carbonyl (C=O) groups excluding carboxylic acids is 1. The van der Waals surface area contributed by atoms with Crippen LogP contribution in [0.25, 0.3) is 16.7 Å². The number of benzene rings is 1. The first-order valence-electron chi connectivity index (χ1n) is 9.16. The molecule has 1 aliphatic rings. The van der Waals surface area contributed by atoms with E-state index >= 15 is 0 Å². The van der Waals surface area contributed by atoms with Crippen LogP contribution in [0.5, 0.6) is 0 Å². The van der Waals surface area contributed by atoms with Crippen molar-refractivity contribution in [2.45, 2.75) is 19.8 Å². The van der Waals surface area contributed by atoms with Crippen molar-refractivity contribution in [3.63, 3.8) is 0 Å². The minimum atomic E-state index is -0.550. The summed E-state index contributed by atoms with van der Waals surface area (Å²) in [5.41, 5.74) is 0.495. The SMILES string of the molecule is C[C@@H]1CCCN(C(=O)c2cn(C)c3c(=O)n(-c4ccccc4)c(=O)[nH]c23)C1. The van der Waals surface area contributed by atoms with Gasteiger partial charge in [0.15, 0.2) is 0 Å². The van der Waals surface area contributed by atoms with E-state index in [1.807, 2.05) is 11.0 Å². The van der Waals surface area contributed by atoms with Crippen LogP contribution in [-0.4, -0.2) is 38.0 Å². The standard InChI is InChI=1S/C20H22N4O3/c1-13-7-6-10-23(11-13)18(25)15-12-22(2)17-16(15)21-20(27)24(19(17)26)14-8-4-3-5-9-14/h3-5,8-9,12-13H,6-7,10-11H2,1-2H3,(H,21,27)/t13-/m1/s1. The minimum Gasteiger partial charge on any atom is -0.344 e. The van der Waals surface area contributed by atoms with Gasteiger partial charge in [-0.25, -0.2) is 9.36 Å². The van der Waals surface area contributed by atoms with Crippen molar-refractivity contribution in [3.8, 4) is 5.69 Å². The molecule has 1 aromatic carbocycles. The number of rotatable bonds is 2. The molecule has 1 N–H and O–H groups in total. The van der Waals surface area contributed by atoms with E-state index in [4.69, 9.17) is 0 Å². The van der Waals surface area contributed by atoms with Crippen LogP contribution < -0.4 is 11.2 Å². The van der Waals surface area contributed by atoms with Crippen LogP contribution >= 0.6 is 0 Å². The fourth-order valence-corrected chi connectivity index (χ4v) is 3.89. The number of hydrogen-bond donors (Lipinski definition) is 1. The number of hydrogen-bond acceptors (Lipinski definition) is 3. The second-order valence-corrected chi connectivity index (χ2v) is 7.28. The number of piperidine rings is 1. The van der Waals surface area contributed by atoms with E-state index in [9.17, 15) is 14.4 Å². The molecule has 3 heterocycles. The lowest BCUT2D eigenvalue weighted by molar-refractivity contribution is 0.0684. The van der Waals surface area contributed by atoms with E-state index in [2.05, 4.69) is 11.9 Å². The second-order valence-electron chi connectivity index (χ2n) is 7.28. The molecule has 1 atom stereocenters. The Kier molecular flexibility index (Phi) is 4.22. The molecule has 7 nitrogen and oxygen atoms in total. The first-order valence-corrected chi connectivity index (χ1v) is 9.16. The van der Waals surface area contributed by atoms with Crippen molar-refractivity contribution in [3.05, 3.63) is 62.9 Å². The summed E-state index contributed by atoms with van der Waals surface area (Å²) in [6.45, 7) is 3.52. The molecular weight excluding hydrogens is 344 g/mol. The first kappa shape index (κ1) is 17.3. The third-order valence-electron chi connectivity index (χ3n) is 5.21. The fourth-order valence-electron chi connectivity index (χ4n) is 3.89. The number of aromatic nitrogens is 3. The lowest BCUT2D eigenvalue weighted by atomic mass is 10.00. The predicted octanol–water partition coefficient (Wildman–Crippen LogP) is 1.89. The van der Waals surface area contributed by atoms with Gasteiger partial charge in [-0.3, -0.25) is 9.59 Å². The van der Waals surface area contributed by atoms with Crippen molar-refractivity contribution in [1.29, 1.82) is 0 Å². The minimum absolute atomic E-state index is 0.139. The van der Waals surface area contributed by atoms with Crippen LogP contribution in [0.2, 0.25) is 0 Å². The van der Waals surface area contributed by atoms with Gasteiger partial charge >= 0.3 is 5.69 Å². The quantitative estimate of drug-likeness (QED) is 0.752. The number of fused-ring (bicyclic) bond motifs is 1. The molecule has 1 fully saturated rings. The number of nitrogens with zero attached hydrogens (tertiary/aromatic N) is 3. The van der Waals surface area contributed by atoms with Gasteiger partial charge in [0.2, 0.25) is 0 Å². The van der Waals surface area contributed by atoms with Gasteiger partial charge in [0.05, 0.1) is 16.8 Å². The fraction of sp³-hybridized carbons (Fsp3) is 0.350. The summed E-state index contributed by atoms with van der Waals surface area (Å²) in [6.07, 6.45) is 3.71. The molecule has 27 heavy (non-hydrogen) atoms. The Morgan fingerprint density at radius 2 is 1.93 bits per heavy atom. The molecule has 0 spiro atoms. The number of amides is 1. The highest BCUT2D eigenvalue weighted by Gasteiger charge is 2.26. The van der Waals surface area contributed by atoms with Gasteiger partial charge in [0.1, 0.15) is 5.52 Å². The van der Waals surface area contributed by atoms with Crippen LogP contribution in [-0.2, 0) is 7.05 Å². The molecule has 1 saturated heterocycles. The molecule has 0 aliphatic carbocycles. The number of carbonyl (C=O) groups is 1. The summed E-state index contributed by atoms with van der Waals surface area (Å²) in [6, 6.07) is 8.76. The number of H-pyrrole nitrogens is 1. The zero-order valence-electron chi connectivity index (χ0n) is 15.4. The van der Waals surface area contributed by atoms with Gasteiger partial charge in [-0.1, -0.05) is 25.1 Å². The third kappa shape index (κ3) is 2.89. The topological polar surface area (TPSA) is 80.1 Å². The molecule has 140 valence electrons. The molecule has 0 unspecified atom stereocenters. The van der Waals surface area contributed by atoms with Gasteiger partial charge in [-0.2, -0.15) is 0 Å². The van der Waals surface area contributed by atoms with E-state index in [1.165, 1.54) is 0 Å². The Hall–Kier alpha value is -3.09. The molecule has 4 rings (SSSR count). The number of nitrogens with one attached hydrogen (secondary N) is 1. The van der Waals surface area contributed by atoms with Gasteiger partial charge in [-0.15, -0.1) is 0 Å². The number of likely N-dealkylation sites (tertiary alicyclic amines) is 1. The zero-order chi connectivity index (χ0) is 19.1. The Balaban J connectivity index is 1.87. The van der Waals surface area contributed by atoms with E-state index in [0.29, 0.717) is 41.3 Å². The van der Waals surface area contributed by atoms with Crippen LogP contribution in [0, 0.1) is 5.92 Å². The largest absolute Gasteiger partial charge is 0.344 e. The summed E-state index contributed by atoms with van der Waals surface area (Å²) in [7, 11) is 1.72. The monoisotopic (exact) mass is 366 g/mol. The molecule has 0 bridgehead atoms. The molecule has 1 aliphatic heterocycles.